The molecule has 0 aliphatic carbocycles. The van der Waals surface area contributed by atoms with Gasteiger partial charge in [0.15, 0.2) is 0 Å². The van der Waals surface area contributed by atoms with Crippen molar-refractivity contribution in [1.29, 1.82) is 0 Å². The quantitative estimate of drug-likeness (QED) is 0.656. The van der Waals surface area contributed by atoms with Crippen molar-refractivity contribution >= 4 is 11.9 Å². The Hall–Kier alpha value is -3.45. The van der Waals surface area contributed by atoms with E-state index in [1.807, 2.05) is 16.8 Å². The molecule has 1 aromatic heterocycles. The largest absolute Gasteiger partial charge is 0.438 e. The maximum absolute atomic E-state index is 13.2. The molecule has 0 saturated carbocycles. The molecule has 0 radical (unpaired) electrons. The summed E-state index contributed by atoms with van der Waals surface area (Å²) in [7, 11) is 1.89. The summed E-state index contributed by atoms with van der Waals surface area (Å²) in [4.78, 5) is 22.8. The maximum atomic E-state index is 13.2. The fourth-order valence-corrected chi connectivity index (χ4v) is 3.46. The van der Waals surface area contributed by atoms with Gasteiger partial charge in [0, 0.05) is 38.8 Å². The topological polar surface area (TPSA) is 86.7 Å². The van der Waals surface area contributed by atoms with Crippen LogP contribution in [0.3, 0.4) is 0 Å². The molecule has 1 fully saturated rings. The molecule has 3 heterocycles. The van der Waals surface area contributed by atoms with Crippen molar-refractivity contribution in [2.75, 3.05) is 57.8 Å². The Kier molecular flexibility index (Phi) is 6.43. The zero-order valence-electron chi connectivity index (χ0n) is 17.3. The molecule has 1 atom stereocenters. The summed E-state index contributed by atoms with van der Waals surface area (Å²) in [6, 6.07) is 8.93. The van der Waals surface area contributed by atoms with Crippen LogP contribution < -0.4 is 10.2 Å². The summed E-state index contributed by atoms with van der Waals surface area (Å²) in [5.41, 5.74) is 1.43. The highest BCUT2D eigenvalue weighted by Gasteiger charge is 2.22. The number of rotatable bonds is 6. The average molecular weight is 425 g/mol. The highest BCUT2D eigenvalue weighted by Crippen LogP contribution is 2.19. The third-order valence-corrected chi connectivity index (χ3v) is 5.18. The van der Waals surface area contributed by atoms with Crippen molar-refractivity contribution in [3.05, 3.63) is 36.3 Å². The van der Waals surface area contributed by atoms with Gasteiger partial charge in [0.1, 0.15) is 18.0 Å². The van der Waals surface area contributed by atoms with Gasteiger partial charge in [-0.25, -0.2) is 9.37 Å². The zero-order chi connectivity index (χ0) is 21.6. The van der Waals surface area contributed by atoms with Gasteiger partial charge in [-0.2, -0.15) is 5.10 Å². The number of nitrogens with zero attached hydrogens (tertiary/aromatic N) is 6. The number of piperazine rings is 1. The van der Waals surface area contributed by atoms with Crippen LogP contribution in [0.5, 0.6) is 0 Å². The Balaban J connectivity index is 1.25. The number of likely N-dealkylation sites (N-methyl/N-ethyl adjacent to an activating group) is 1. The number of aromatic nitrogens is 3. The number of halogens is 1. The number of amides is 1. The van der Waals surface area contributed by atoms with Crippen LogP contribution in [0.2, 0.25) is 0 Å². The van der Waals surface area contributed by atoms with Gasteiger partial charge in [0.2, 0.25) is 11.9 Å². The first-order valence-electron chi connectivity index (χ1n) is 10.1. The Morgan fingerprint density at radius 1 is 1.26 bits per heavy atom. The van der Waals surface area contributed by atoms with Gasteiger partial charge < -0.3 is 19.9 Å². The van der Waals surface area contributed by atoms with Gasteiger partial charge in [-0.1, -0.05) is 0 Å². The van der Waals surface area contributed by atoms with Crippen molar-refractivity contribution < 1.29 is 13.9 Å². The van der Waals surface area contributed by atoms with Crippen LogP contribution >= 0.6 is 0 Å². The Morgan fingerprint density at radius 2 is 2.03 bits per heavy atom. The molecule has 2 aliphatic heterocycles. The van der Waals surface area contributed by atoms with E-state index in [9.17, 15) is 9.18 Å². The molecule has 1 amide bonds. The van der Waals surface area contributed by atoms with Gasteiger partial charge in [-0.15, -0.1) is 5.10 Å². The predicted octanol–water partition coefficient (Wildman–Crippen LogP) is 0.165. The van der Waals surface area contributed by atoms with E-state index in [0.29, 0.717) is 57.5 Å². The van der Waals surface area contributed by atoms with Crippen LogP contribution in [0.15, 0.2) is 30.5 Å². The van der Waals surface area contributed by atoms with E-state index in [0.717, 1.165) is 5.56 Å². The van der Waals surface area contributed by atoms with Crippen molar-refractivity contribution in [3.63, 3.8) is 0 Å². The molecule has 9 nitrogen and oxygen atoms in total. The first-order valence-corrected chi connectivity index (χ1v) is 10.1. The van der Waals surface area contributed by atoms with E-state index in [1.165, 1.54) is 12.1 Å². The van der Waals surface area contributed by atoms with Crippen molar-refractivity contribution in [2.45, 2.75) is 6.10 Å². The third kappa shape index (κ3) is 5.58. The lowest BCUT2D eigenvalue weighted by Gasteiger charge is -2.34. The number of carbonyl (C=O) groups excluding carboxylic acids is 1. The van der Waals surface area contributed by atoms with E-state index in [4.69, 9.17) is 4.74 Å². The van der Waals surface area contributed by atoms with Gasteiger partial charge in [-0.3, -0.25) is 9.69 Å². The number of ether oxygens (including phenoxy) is 1. The van der Waals surface area contributed by atoms with Gasteiger partial charge in [-0.05, 0) is 24.3 Å². The highest BCUT2D eigenvalue weighted by molar-refractivity contribution is 5.78. The SMILES string of the molecule is CN1C#COC(CNC(=O)CN2CCN(c3nncc(-c4ccc(F)cc4)n3)CC2)C1. The summed E-state index contributed by atoms with van der Waals surface area (Å²) in [6.07, 6.45) is 4.05. The van der Waals surface area contributed by atoms with Gasteiger partial charge in [0.25, 0.3) is 0 Å². The fraction of sp³-hybridized carbons (Fsp3) is 0.429. The fourth-order valence-electron chi connectivity index (χ4n) is 3.46. The van der Waals surface area contributed by atoms with Gasteiger partial charge >= 0.3 is 0 Å². The molecule has 4 rings (SSSR count). The minimum absolute atomic E-state index is 0.0329. The first kappa shape index (κ1) is 20.8. The first-order chi connectivity index (χ1) is 15.1. The van der Waals surface area contributed by atoms with Crippen molar-refractivity contribution in [1.82, 2.24) is 30.3 Å². The van der Waals surface area contributed by atoms with Crippen LogP contribution in [0.25, 0.3) is 11.3 Å². The Bertz CT molecular complexity index is 968. The number of nitrogens with one attached hydrogen (secondary N) is 1. The van der Waals surface area contributed by atoms with Gasteiger partial charge in [0.05, 0.1) is 37.6 Å². The standard InChI is InChI=1S/C21H24FN7O2/c1-27-10-11-31-18(14-27)12-23-20(30)15-28-6-8-29(9-7-28)21-25-19(13-24-26-21)16-2-4-17(22)5-3-16/h2-5,13,18H,6-9,12,14-15H2,1H3,(H,23,30). The summed E-state index contributed by atoms with van der Waals surface area (Å²) >= 11 is 0. The number of benzene rings is 1. The lowest BCUT2D eigenvalue weighted by atomic mass is 10.2. The second kappa shape index (κ2) is 9.57. The van der Waals surface area contributed by atoms with Crippen molar-refractivity contribution in [3.8, 4) is 23.4 Å². The summed E-state index contributed by atoms with van der Waals surface area (Å²) in [5.74, 6) is 0.207. The third-order valence-electron chi connectivity index (χ3n) is 5.18. The molecule has 0 bridgehead atoms. The summed E-state index contributed by atoms with van der Waals surface area (Å²) < 4.78 is 18.5. The molecule has 162 valence electrons. The van der Waals surface area contributed by atoms with E-state index >= 15 is 0 Å². The lowest BCUT2D eigenvalue weighted by Crippen LogP contribution is -2.51. The molecule has 1 aromatic carbocycles. The molecule has 10 heteroatoms. The van der Waals surface area contributed by atoms with Crippen LogP contribution in [0.1, 0.15) is 0 Å². The minimum atomic E-state index is -0.293. The second-order valence-electron chi connectivity index (χ2n) is 7.55. The molecule has 2 aromatic rings. The number of anilines is 1. The van der Waals surface area contributed by atoms with E-state index < -0.39 is 0 Å². The smallest absolute Gasteiger partial charge is 0.245 e. The van der Waals surface area contributed by atoms with Crippen LogP contribution in [-0.2, 0) is 9.53 Å². The van der Waals surface area contributed by atoms with Crippen molar-refractivity contribution in [2.24, 2.45) is 0 Å². The molecule has 1 unspecified atom stereocenters. The zero-order valence-corrected chi connectivity index (χ0v) is 17.3. The maximum Gasteiger partial charge on any atom is 0.245 e. The molecule has 0 spiro atoms. The number of carbonyl (C=O) groups is 1. The van der Waals surface area contributed by atoms with Crippen LogP contribution in [-0.4, -0.2) is 89.9 Å². The normalized spacial score (nSPS) is 18.7. The summed E-state index contributed by atoms with van der Waals surface area (Å²) in [5, 5.41) is 11.1. The molecule has 2 aliphatic rings. The van der Waals surface area contributed by atoms with Crippen LogP contribution in [0, 0.1) is 18.0 Å². The van der Waals surface area contributed by atoms with E-state index in [2.05, 4.69) is 37.5 Å². The summed E-state index contributed by atoms with van der Waals surface area (Å²) in [6.45, 7) is 4.24. The van der Waals surface area contributed by atoms with E-state index in [-0.39, 0.29) is 17.8 Å². The highest BCUT2D eigenvalue weighted by atomic mass is 19.1. The molecule has 1 N–H and O–H groups in total. The average Bonchev–Trinajstić information content (AvgIpc) is 2.79. The molecular formula is C21H24FN7O2. The monoisotopic (exact) mass is 425 g/mol. The number of hydrogen-bond acceptors (Lipinski definition) is 8. The van der Waals surface area contributed by atoms with Crippen LogP contribution in [0.4, 0.5) is 10.3 Å². The number of hydrogen-bond donors (Lipinski definition) is 1. The Labute approximate surface area is 180 Å². The lowest BCUT2D eigenvalue weighted by molar-refractivity contribution is -0.122. The molecule has 31 heavy (non-hydrogen) atoms. The molecule has 1 saturated heterocycles. The van der Waals surface area contributed by atoms with E-state index in [1.54, 1.807) is 18.3 Å². The molecular weight excluding hydrogens is 401 g/mol. The second-order valence-corrected chi connectivity index (χ2v) is 7.55. The minimum Gasteiger partial charge on any atom is -0.438 e. The Morgan fingerprint density at radius 3 is 2.77 bits per heavy atom. The predicted molar refractivity (Wildman–Crippen MR) is 112 cm³/mol.